The summed E-state index contributed by atoms with van der Waals surface area (Å²) in [6.07, 6.45) is 6.17. The largest absolute Gasteiger partial charge is 0.353 e. The maximum absolute atomic E-state index is 11.4. The Kier molecular flexibility index (Phi) is 5.31. The van der Waals surface area contributed by atoms with Crippen molar-refractivity contribution in [2.45, 2.75) is 51.5 Å². The number of halogens is 1. The molecule has 1 rings (SSSR count). The minimum absolute atomic E-state index is 0.207. The van der Waals surface area contributed by atoms with E-state index < -0.39 is 0 Å². The van der Waals surface area contributed by atoms with Gasteiger partial charge in [0.25, 0.3) is 0 Å². The van der Waals surface area contributed by atoms with Crippen LogP contribution in [0.25, 0.3) is 0 Å². The molecule has 1 aliphatic carbocycles. The van der Waals surface area contributed by atoms with Crippen molar-refractivity contribution in [1.82, 2.24) is 5.32 Å². The Balaban J connectivity index is 1.99. The van der Waals surface area contributed by atoms with Gasteiger partial charge in [0.2, 0.25) is 5.91 Å². The van der Waals surface area contributed by atoms with Crippen molar-refractivity contribution in [1.29, 1.82) is 0 Å². The second-order valence-electron chi connectivity index (χ2n) is 4.10. The molecule has 0 spiro atoms. The summed E-state index contributed by atoms with van der Waals surface area (Å²) < 4.78 is 0. The fraction of sp³-hybridized carbons (Fsp3) is 0.909. The van der Waals surface area contributed by atoms with E-state index in [0.29, 0.717) is 18.3 Å². The zero-order valence-corrected chi connectivity index (χ0v) is 9.65. The van der Waals surface area contributed by atoms with E-state index in [9.17, 15) is 4.79 Å². The molecule has 1 fully saturated rings. The first kappa shape index (κ1) is 11.8. The number of carbonyl (C=O) groups excluding carboxylic acids is 1. The van der Waals surface area contributed by atoms with E-state index in [1.807, 2.05) is 0 Å². The lowest BCUT2D eigenvalue weighted by Gasteiger charge is -2.03. The lowest BCUT2D eigenvalue weighted by atomic mass is 10.2. The first-order chi connectivity index (χ1) is 6.77. The highest BCUT2D eigenvalue weighted by Gasteiger charge is 2.36. The molecule has 0 bridgehead atoms. The Labute approximate surface area is 91.4 Å². The van der Waals surface area contributed by atoms with Crippen LogP contribution >= 0.6 is 11.6 Å². The average molecular weight is 218 g/mol. The molecule has 1 N–H and O–H groups in total. The lowest BCUT2D eigenvalue weighted by Crippen LogP contribution is -2.26. The van der Waals surface area contributed by atoms with E-state index in [2.05, 4.69) is 12.2 Å². The summed E-state index contributed by atoms with van der Waals surface area (Å²) in [6.45, 7) is 2.19. The second-order valence-corrected chi connectivity index (χ2v) is 4.48. The van der Waals surface area contributed by atoms with Crippen LogP contribution in [0.3, 0.4) is 0 Å². The molecule has 1 aliphatic rings. The van der Waals surface area contributed by atoms with Gasteiger partial charge in [-0.05, 0) is 31.6 Å². The molecule has 1 saturated carbocycles. The molecule has 1 amide bonds. The third kappa shape index (κ3) is 4.32. The standard InChI is InChI=1S/C11H20ClNO/c1-2-5-9-8-10(9)13-11(14)6-3-4-7-12/h9-10H,2-8H2,1H3,(H,13,14). The fourth-order valence-electron chi connectivity index (χ4n) is 1.77. The molecule has 2 nitrogen and oxygen atoms in total. The van der Waals surface area contributed by atoms with Gasteiger partial charge < -0.3 is 5.32 Å². The molecule has 14 heavy (non-hydrogen) atoms. The van der Waals surface area contributed by atoms with Gasteiger partial charge in [-0.3, -0.25) is 4.79 Å². The Morgan fingerprint density at radius 3 is 2.93 bits per heavy atom. The predicted molar refractivity (Wildman–Crippen MR) is 59.5 cm³/mol. The molecular formula is C11H20ClNO. The van der Waals surface area contributed by atoms with Gasteiger partial charge in [-0.1, -0.05) is 13.3 Å². The maximum atomic E-state index is 11.4. The zero-order valence-electron chi connectivity index (χ0n) is 8.89. The van der Waals surface area contributed by atoms with Gasteiger partial charge in [-0.2, -0.15) is 0 Å². The first-order valence-corrected chi connectivity index (χ1v) is 6.16. The van der Waals surface area contributed by atoms with Crippen molar-refractivity contribution >= 4 is 17.5 Å². The van der Waals surface area contributed by atoms with Crippen molar-refractivity contribution in [3.8, 4) is 0 Å². The van der Waals surface area contributed by atoms with Crippen LogP contribution in [-0.2, 0) is 4.79 Å². The summed E-state index contributed by atoms with van der Waals surface area (Å²) in [7, 11) is 0. The molecule has 0 saturated heterocycles. The molecule has 2 atom stereocenters. The Hall–Kier alpha value is -0.240. The predicted octanol–water partition coefficient (Wildman–Crippen LogP) is 2.70. The molecule has 0 heterocycles. The van der Waals surface area contributed by atoms with Crippen LogP contribution in [-0.4, -0.2) is 17.8 Å². The van der Waals surface area contributed by atoms with E-state index in [0.717, 1.165) is 18.8 Å². The van der Waals surface area contributed by atoms with Crippen LogP contribution in [0.4, 0.5) is 0 Å². The molecule has 0 radical (unpaired) electrons. The van der Waals surface area contributed by atoms with Gasteiger partial charge in [-0.25, -0.2) is 0 Å². The van der Waals surface area contributed by atoms with E-state index in [4.69, 9.17) is 11.6 Å². The van der Waals surface area contributed by atoms with E-state index in [-0.39, 0.29) is 5.91 Å². The maximum Gasteiger partial charge on any atom is 0.220 e. The van der Waals surface area contributed by atoms with Crippen LogP contribution in [0.15, 0.2) is 0 Å². The van der Waals surface area contributed by atoms with Gasteiger partial charge in [0.15, 0.2) is 0 Å². The summed E-state index contributed by atoms with van der Waals surface area (Å²) in [5, 5.41) is 3.07. The third-order valence-electron chi connectivity index (χ3n) is 2.72. The molecule has 82 valence electrons. The zero-order chi connectivity index (χ0) is 10.4. The first-order valence-electron chi connectivity index (χ1n) is 5.63. The lowest BCUT2D eigenvalue weighted by molar-refractivity contribution is -0.121. The topological polar surface area (TPSA) is 29.1 Å². The molecule has 0 aromatic rings. The number of hydrogen-bond acceptors (Lipinski definition) is 1. The van der Waals surface area contributed by atoms with Crippen LogP contribution in [0.5, 0.6) is 0 Å². The molecular weight excluding hydrogens is 198 g/mol. The number of unbranched alkanes of at least 4 members (excludes halogenated alkanes) is 1. The van der Waals surface area contributed by atoms with E-state index in [1.54, 1.807) is 0 Å². The quantitative estimate of drug-likeness (QED) is 0.516. The highest BCUT2D eigenvalue weighted by atomic mass is 35.5. The van der Waals surface area contributed by atoms with Gasteiger partial charge >= 0.3 is 0 Å². The molecule has 0 aromatic heterocycles. The van der Waals surface area contributed by atoms with Crippen LogP contribution in [0, 0.1) is 5.92 Å². The van der Waals surface area contributed by atoms with Crippen LogP contribution in [0.2, 0.25) is 0 Å². The summed E-state index contributed by atoms with van der Waals surface area (Å²) in [5.41, 5.74) is 0. The molecule has 0 aromatic carbocycles. The van der Waals surface area contributed by atoms with Gasteiger partial charge in [0.1, 0.15) is 0 Å². The van der Waals surface area contributed by atoms with Crippen LogP contribution in [0.1, 0.15) is 45.4 Å². The highest BCUT2D eigenvalue weighted by molar-refractivity contribution is 6.17. The third-order valence-corrected chi connectivity index (χ3v) is 2.98. The van der Waals surface area contributed by atoms with E-state index in [1.165, 1.54) is 19.3 Å². The van der Waals surface area contributed by atoms with Crippen molar-refractivity contribution < 1.29 is 4.79 Å². The monoisotopic (exact) mass is 217 g/mol. The molecule has 0 aliphatic heterocycles. The Bertz CT molecular complexity index is 184. The van der Waals surface area contributed by atoms with E-state index >= 15 is 0 Å². The fourth-order valence-corrected chi connectivity index (χ4v) is 1.96. The number of amides is 1. The summed E-state index contributed by atoms with van der Waals surface area (Å²) in [6, 6.07) is 0.485. The average Bonchev–Trinajstić information content (AvgIpc) is 2.85. The number of carbonyl (C=O) groups is 1. The summed E-state index contributed by atoms with van der Waals surface area (Å²) in [4.78, 5) is 11.4. The Morgan fingerprint density at radius 1 is 1.50 bits per heavy atom. The van der Waals surface area contributed by atoms with Crippen molar-refractivity contribution in [3.63, 3.8) is 0 Å². The number of rotatable bonds is 7. The second kappa shape index (κ2) is 6.28. The van der Waals surface area contributed by atoms with Gasteiger partial charge in [-0.15, -0.1) is 11.6 Å². The van der Waals surface area contributed by atoms with Gasteiger partial charge in [0.05, 0.1) is 0 Å². The van der Waals surface area contributed by atoms with Crippen molar-refractivity contribution in [2.24, 2.45) is 5.92 Å². The molecule has 3 heteroatoms. The van der Waals surface area contributed by atoms with Crippen molar-refractivity contribution in [3.05, 3.63) is 0 Å². The van der Waals surface area contributed by atoms with Crippen molar-refractivity contribution in [2.75, 3.05) is 5.88 Å². The minimum atomic E-state index is 0.207. The Morgan fingerprint density at radius 2 is 2.29 bits per heavy atom. The SMILES string of the molecule is CCCC1CC1NC(=O)CCCCCl. The van der Waals surface area contributed by atoms with Crippen LogP contribution < -0.4 is 5.32 Å². The number of alkyl halides is 1. The number of nitrogens with one attached hydrogen (secondary N) is 1. The smallest absolute Gasteiger partial charge is 0.220 e. The summed E-state index contributed by atoms with van der Waals surface area (Å²) in [5.74, 6) is 1.63. The molecule has 2 unspecified atom stereocenters. The minimum Gasteiger partial charge on any atom is -0.353 e. The normalized spacial score (nSPS) is 24.7. The number of hydrogen-bond donors (Lipinski definition) is 1. The highest BCUT2D eigenvalue weighted by Crippen LogP contribution is 2.34. The van der Waals surface area contributed by atoms with Gasteiger partial charge in [0, 0.05) is 18.3 Å². The summed E-state index contributed by atoms with van der Waals surface area (Å²) >= 11 is 5.54.